The smallest absolute Gasteiger partial charge is 0.251 e. The zero-order chi connectivity index (χ0) is 19.6. The summed E-state index contributed by atoms with van der Waals surface area (Å²) < 4.78 is 5.80. The number of ether oxygens (including phenoxy) is 1. The third-order valence-corrected chi connectivity index (χ3v) is 4.17. The molecule has 0 saturated heterocycles. The molecular formula is C22H28N2O3. The molecular weight excluding hydrogens is 340 g/mol. The van der Waals surface area contributed by atoms with E-state index in [1.54, 1.807) is 24.3 Å². The van der Waals surface area contributed by atoms with Gasteiger partial charge in [-0.05, 0) is 75.1 Å². The predicted octanol–water partition coefficient (Wildman–Crippen LogP) is 4.24. The van der Waals surface area contributed by atoms with Gasteiger partial charge in [0.25, 0.3) is 5.91 Å². The topological polar surface area (TPSA) is 67.4 Å². The van der Waals surface area contributed by atoms with E-state index in [1.165, 1.54) is 5.56 Å². The number of anilines is 1. The Labute approximate surface area is 161 Å². The minimum Gasteiger partial charge on any atom is -0.493 e. The number of benzene rings is 2. The van der Waals surface area contributed by atoms with Crippen molar-refractivity contribution in [3.05, 3.63) is 59.2 Å². The Morgan fingerprint density at radius 3 is 2.44 bits per heavy atom. The minimum absolute atomic E-state index is 0.0347. The molecule has 27 heavy (non-hydrogen) atoms. The van der Waals surface area contributed by atoms with Gasteiger partial charge in [-0.2, -0.15) is 0 Å². The fourth-order valence-corrected chi connectivity index (χ4v) is 2.62. The van der Waals surface area contributed by atoms with Gasteiger partial charge in [-0.15, -0.1) is 0 Å². The van der Waals surface area contributed by atoms with E-state index in [2.05, 4.69) is 22.8 Å². The quantitative estimate of drug-likeness (QED) is 0.651. The summed E-state index contributed by atoms with van der Waals surface area (Å²) in [5, 5.41) is 5.60. The normalized spacial score (nSPS) is 10.3. The summed E-state index contributed by atoms with van der Waals surface area (Å²) in [4.78, 5) is 23.7. The van der Waals surface area contributed by atoms with E-state index in [-0.39, 0.29) is 11.8 Å². The average molecular weight is 368 g/mol. The Morgan fingerprint density at radius 2 is 1.74 bits per heavy atom. The van der Waals surface area contributed by atoms with Crippen molar-refractivity contribution in [2.75, 3.05) is 18.5 Å². The number of carbonyl (C=O) groups is 2. The SMILES string of the molecule is CCNC(=O)c1ccc(NC(=O)CCCCOc2cc(C)ccc2C)cc1. The van der Waals surface area contributed by atoms with Crippen molar-refractivity contribution in [2.45, 2.75) is 40.0 Å². The Bertz CT molecular complexity index is 770. The molecule has 2 amide bonds. The molecule has 2 N–H and O–H groups in total. The molecule has 0 aromatic heterocycles. The summed E-state index contributed by atoms with van der Waals surface area (Å²) in [5.74, 6) is 0.762. The Kier molecular flexibility index (Phi) is 7.86. The maximum absolute atomic E-state index is 12.0. The van der Waals surface area contributed by atoms with Gasteiger partial charge in [-0.3, -0.25) is 9.59 Å². The van der Waals surface area contributed by atoms with Crippen LogP contribution in [0, 0.1) is 13.8 Å². The zero-order valence-electron chi connectivity index (χ0n) is 16.3. The number of unbranched alkanes of at least 4 members (excludes halogenated alkanes) is 1. The van der Waals surface area contributed by atoms with Gasteiger partial charge in [0.2, 0.25) is 5.91 Å². The van der Waals surface area contributed by atoms with Crippen molar-refractivity contribution in [3.8, 4) is 5.75 Å². The van der Waals surface area contributed by atoms with Crippen LogP contribution in [-0.4, -0.2) is 25.0 Å². The lowest BCUT2D eigenvalue weighted by molar-refractivity contribution is -0.116. The summed E-state index contributed by atoms with van der Waals surface area (Å²) >= 11 is 0. The lowest BCUT2D eigenvalue weighted by atomic mass is 10.1. The summed E-state index contributed by atoms with van der Waals surface area (Å²) in [6.45, 7) is 7.13. The molecule has 0 unspecified atom stereocenters. The number of rotatable bonds is 9. The lowest BCUT2D eigenvalue weighted by Crippen LogP contribution is -2.22. The molecule has 5 heteroatoms. The fourth-order valence-electron chi connectivity index (χ4n) is 2.62. The Hall–Kier alpha value is -2.82. The molecule has 2 aromatic carbocycles. The first-order valence-corrected chi connectivity index (χ1v) is 9.37. The van der Waals surface area contributed by atoms with Gasteiger partial charge in [0.1, 0.15) is 5.75 Å². The summed E-state index contributed by atoms with van der Waals surface area (Å²) in [6.07, 6.45) is 2.01. The first-order chi connectivity index (χ1) is 13.0. The van der Waals surface area contributed by atoms with Crippen LogP contribution < -0.4 is 15.4 Å². The molecule has 0 saturated carbocycles. The van der Waals surface area contributed by atoms with Gasteiger partial charge in [0, 0.05) is 24.2 Å². The lowest BCUT2D eigenvalue weighted by Gasteiger charge is -2.10. The van der Waals surface area contributed by atoms with Crippen LogP contribution in [0.1, 0.15) is 47.7 Å². The molecule has 2 aromatic rings. The predicted molar refractivity (Wildman–Crippen MR) is 108 cm³/mol. The fraction of sp³-hybridized carbons (Fsp3) is 0.364. The molecule has 0 spiro atoms. The van der Waals surface area contributed by atoms with Gasteiger partial charge >= 0.3 is 0 Å². The number of carbonyl (C=O) groups excluding carboxylic acids is 2. The van der Waals surface area contributed by atoms with Crippen LogP contribution in [0.2, 0.25) is 0 Å². The summed E-state index contributed by atoms with van der Waals surface area (Å²) in [7, 11) is 0. The van der Waals surface area contributed by atoms with Crippen LogP contribution in [0.25, 0.3) is 0 Å². The molecule has 0 aliphatic carbocycles. The molecule has 2 rings (SSSR count). The third-order valence-electron chi connectivity index (χ3n) is 4.17. The van der Waals surface area contributed by atoms with E-state index in [1.807, 2.05) is 26.8 Å². The first-order valence-electron chi connectivity index (χ1n) is 9.37. The van der Waals surface area contributed by atoms with Gasteiger partial charge in [-0.25, -0.2) is 0 Å². The second kappa shape index (κ2) is 10.4. The molecule has 0 bridgehead atoms. The molecule has 0 heterocycles. The van der Waals surface area contributed by atoms with Crippen LogP contribution in [0.15, 0.2) is 42.5 Å². The zero-order valence-corrected chi connectivity index (χ0v) is 16.3. The minimum atomic E-state index is -0.112. The Balaban J connectivity index is 1.69. The summed E-state index contributed by atoms with van der Waals surface area (Å²) in [5.41, 5.74) is 3.57. The van der Waals surface area contributed by atoms with Crippen LogP contribution in [0.3, 0.4) is 0 Å². The highest BCUT2D eigenvalue weighted by molar-refractivity contribution is 5.95. The maximum Gasteiger partial charge on any atom is 0.251 e. The maximum atomic E-state index is 12.0. The molecule has 5 nitrogen and oxygen atoms in total. The van der Waals surface area contributed by atoms with Crippen LogP contribution >= 0.6 is 0 Å². The summed E-state index contributed by atoms with van der Waals surface area (Å²) in [6, 6.07) is 13.0. The van der Waals surface area contributed by atoms with Gasteiger partial charge in [-0.1, -0.05) is 12.1 Å². The molecule has 144 valence electrons. The van der Waals surface area contributed by atoms with Crippen molar-refractivity contribution in [1.82, 2.24) is 5.32 Å². The van der Waals surface area contributed by atoms with E-state index < -0.39 is 0 Å². The molecule has 0 aliphatic rings. The highest BCUT2D eigenvalue weighted by atomic mass is 16.5. The number of hydrogen-bond acceptors (Lipinski definition) is 3. The molecule has 0 radical (unpaired) electrons. The van der Waals surface area contributed by atoms with Crippen LogP contribution in [-0.2, 0) is 4.79 Å². The third kappa shape index (κ3) is 6.77. The van der Waals surface area contributed by atoms with Gasteiger partial charge in [0.15, 0.2) is 0 Å². The second-order valence-corrected chi connectivity index (χ2v) is 6.56. The number of hydrogen-bond donors (Lipinski definition) is 2. The number of nitrogens with one attached hydrogen (secondary N) is 2. The van der Waals surface area contributed by atoms with Crippen LogP contribution in [0.4, 0.5) is 5.69 Å². The highest BCUT2D eigenvalue weighted by Crippen LogP contribution is 2.19. The van der Waals surface area contributed by atoms with Crippen molar-refractivity contribution in [2.24, 2.45) is 0 Å². The molecule has 0 aliphatic heterocycles. The standard InChI is InChI=1S/C22H28N2O3/c1-4-23-22(26)18-10-12-19(13-11-18)24-21(25)7-5-6-14-27-20-15-16(2)8-9-17(20)3/h8-13,15H,4-7,14H2,1-3H3,(H,23,26)(H,24,25). The van der Waals surface area contributed by atoms with Crippen LogP contribution in [0.5, 0.6) is 5.75 Å². The highest BCUT2D eigenvalue weighted by Gasteiger charge is 2.06. The van der Waals surface area contributed by atoms with Gasteiger partial charge in [0.05, 0.1) is 6.61 Å². The van der Waals surface area contributed by atoms with E-state index >= 15 is 0 Å². The average Bonchev–Trinajstić information content (AvgIpc) is 2.65. The molecule has 0 fully saturated rings. The van der Waals surface area contributed by atoms with Crippen molar-refractivity contribution in [1.29, 1.82) is 0 Å². The molecule has 0 atom stereocenters. The Morgan fingerprint density at radius 1 is 1.00 bits per heavy atom. The largest absolute Gasteiger partial charge is 0.493 e. The monoisotopic (exact) mass is 368 g/mol. The van der Waals surface area contributed by atoms with E-state index in [9.17, 15) is 9.59 Å². The van der Waals surface area contributed by atoms with E-state index in [0.29, 0.717) is 30.8 Å². The van der Waals surface area contributed by atoms with Crippen molar-refractivity contribution >= 4 is 17.5 Å². The second-order valence-electron chi connectivity index (χ2n) is 6.56. The van der Waals surface area contributed by atoms with Crippen molar-refractivity contribution in [3.63, 3.8) is 0 Å². The van der Waals surface area contributed by atoms with Gasteiger partial charge < -0.3 is 15.4 Å². The first kappa shape index (κ1) is 20.5. The van der Waals surface area contributed by atoms with E-state index in [4.69, 9.17) is 4.74 Å². The van der Waals surface area contributed by atoms with E-state index in [0.717, 1.165) is 24.2 Å². The number of amides is 2. The number of aryl methyl sites for hydroxylation is 2. The van der Waals surface area contributed by atoms with Crippen molar-refractivity contribution < 1.29 is 14.3 Å².